The van der Waals surface area contributed by atoms with Gasteiger partial charge in [-0.2, -0.15) is 4.98 Å². The SMILES string of the molecule is CCN(CC)c1nc(Cl)nc2sc(C(=O)OCC(C)C)c(C)c12. The topological polar surface area (TPSA) is 55.3 Å². The molecule has 0 saturated heterocycles. The molecule has 0 radical (unpaired) electrons. The standard InChI is InChI=1S/C16H22ClN3O2S/c1-6-20(7-2)13-11-10(5)12(15(21)22-8-9(3)4)23-14(11)19-16(17)18-13/h9H,6-8H2,1-5H3. The molecule has 5 nitrogen and oxygen atoms in total. The normalized spacial score (nSPS) is 11.3. The number of halogens is 1. The minimum Gasteiger partial charge on any atom is -0.461 e. The number of nitrogens with zero attached hydrogens (tertiary/aromatic N) is 3. The molecule has 2 aromatic rings. The number of thiophene rings is 1. The number of anilines is 1. The zero-order valence-corrected chi connectivity index (χ0v) is 15.7. The van der Waals surface area contributed by atoms with E-state index >= 15 is 0 Å². The highest BCUT2D eigenvalue weighted by atomic mass is 35.5. The molecule has 2 rings (SSSR count). The maximum atomic E-state index is 12.3. The molecule has 0 N–H and O–H groups in total. The van der Waals surface area contributed by atoms with E-state index in [-0.39, 0.29) is 11.3 Å². The summed E-state index contributed by atoms with van der Waals surface area (Å²) in [6.45, 7) is 12.1. The zero-order valence-electron chi connectivity index (χ0n) is 14.1. The molecule has 0 bridgehead atoms. The van der Waals surface area contributed by atoms with Crippen LogP contribution in [0.5, 0.6) is 0 Å². The van der Waals surface area contributed by atoms with Crippen LogP contribution in [0, 0.1) is 12.8 Å². The van der Waals surface area contributed by atoms with Crippen LogP contribution in [0.1, 0.15) is 42.9 Å². The monoisotopic (exact) mass is 355 g/mol. The Bertz CT molecular complexity index is 711. The summed E-state index contributed by atoms with van der Waals surface area (Å²) >= 11 is 7.38. The van der Waals surface area contributed by atoms with Gasteiger partial charge in [0.25, 0.3) is 0 Å². The summed E-state index contributed by atoms with van der Waals surface area (Å²) in [7, 11) is 0. The molecule has 0 unspecified atom stereocenters. The summed E-state index contributed by atoms with van der Waals surface area (Å²) < 4.78 is 5.36. The van der Waals surface area contributed by atoms with Gasteiger partial charge in [0.15, 0.2) is 0 Å². The number of hydrogen-bond acceptors (Lipinski definition) is 6. The molecule has 0 aliphatic rings. The quantitative estimate of drug-likeness (QED) is 0.570. The van der Waals surface area contributed by atoms with Gasteiger partial charge in [-0.1, -0.05) is 13.8 Å². The van der Waals surface area contributed by atoms with Gasteiger partial charge in [-0.15, -0.1) is 11.3 Å². The summed E-state index contributed by atoms with van der Waals surface area (Å²) in [5.74, 6) is 0.775. The van der Waals surface area contributed by atoms with Gasteiger partial charge in [0, 0.05) is 13.1 Å². The van der Waals surface area contributed by atoms with Crippen molar-refractivity contribution in [2.24, 2.45) is 5.92 Å². The summed E-state index contributed by atoms with van der Waals surface area (Å²) in [6, 6.07) is 0. The summed E-state index contributed by atoms with van der Waals surface area (Å²) in [4.78, 5) is 24.4. The van der Waals surface area contributed by atoms with E-state index < -0.39 is 0 Å². The Morgan fingerprint density at radius 3 is 2.52 bits per heavy atom. The molecule has 0 spiro atoms. The van der Waals surface area contributed by atoms with Crippen LogP contribution in [-0.4, -0.2) is 35.6 Å². The summed E-state index contributed by atoms with van der Waals surface area (Å²) in [5.41, 5.74) is 0.859. The lowest BCUT2D eigenvalue weighted by atomic mass is 10.2. The number of aryl methyl sites for hydroxylation is 1. The van der Waals surface area contributed by atoms with E-state index in [2.05, 4.69) is 28.7 Å². The van der Waals surface area contributed by atoms with Gasteiger partial charge in [-0.3, -0.25) is 0 Å². The predicted octanol–water partition coefficient (Wildman–Crippen LogP) is 4.31. The van der Waals surface area contributed by atoms with E-state index in [1.54, 1.807) is 0 Å². The predicted molar refractivity (Wildman–Crippen MR) is 95.8 cm³/mol. The lowest BCUT2D eigenvalue weighted by molar-refractivity contribution is 0.0464. The van der Waals surface area contributed by atoms with Crippen LogP contribution in [0.4, 0.5) is 5.82 Å². The molecule has 0 aliphatic heterocycles. The third kappa shape index (κ3) is 3.75. The first-order valence-electron chi connectivity index (χ1n) is 7.77. The van der Waals surface area contributed by atoms with Gasteiger partial charge in [0.2, 0.25) is 5.28 Å². The maximum absolute atomic E-state index is 12.3. The molecule has 2 aromatic heterocycles. The third-order valence-electron chi connectivity index (χ3n) is 3.54. The molecular weight excluding hydrogens is 334 g/mol. The molecule has 23 heavy (non-hydrogen) atoms. The van der Waals surface area contributed by atoms with E-state index in [4.69, 9.17) is 16.3 Å². The molecule has 0 saturated carbocycles. The fourth-order valence-electron chi connectivity index (χ4n) is 2.35. The second-order valence-electron chi connectivity index (χ2n) is 5.72. The molecule has 0 fully saturated rings. The van der Waals surface area contributed by atoms with Crippen molar-refractivity contribution in [2.45, 2.75) is 34.6 Å². The van der Waals surface area contributed by atoms with E-state index in [1.165, 1.54) is 11.3 Å². The molecule has 7 heteroatoms. The fourth-order valence-corrected chi connectivity index (χ4v) is 3.63. The molecule has 2 heterocycles. The number of aromatic nitrogens is 2. The number of rotatable bonds is 6. The smallest absolute Gasteiger partial charge is 0.348 e. The fraction of sp³-hybridized carbons (Fsp3) is 0.562. The largest absolute Gasteiger partial charge is 0.461 e. The number of hydrogen-bond donors (Lipinski definition) is 0. The van der Waals surface area contributed by atoms with Gasteiger partial charge in [0.1, 0.15) is 15.5 Å². The highest BCUT2D eigenvalue weighted by molar-refractivity contribution is 7.20. The maximum Gasteiger partial charge on any atom is 0.348 e. The second-order valence-corrected chi connectivity index (χ2v) is 7.05. The number of carbonyl (C=O) groups is 1. The average Bonchev–Trinajstić information content (AvgIpc) is 2.82. The summed E-state index contributed by atoms with van der Waals surface area (Å²) in [5, 5.41) is 1.09. The van der Waals surface area contributed by atoms with Gasteiger partial charge in [-0.25, -0.2) is 9.78 Å². The van der Waals surface area contributed by atoms with Crippen LogP contribution >= 0.6 is 22.9 Å². The van der Waals surface area contributed by atoms with E-state index in [9.17, 15) is 4.79 Å². The van der Waals surface area contributed by atoms with Crippen molar-refractivity contribution in [3.63, 3.8) is 0 Å². The molecule has 0 amide bonds. The zero-order chi connectivity index (χ0) is 17.1. The lowest BCUT2D eigenvalue weighted by Crippen LogP contribution is -2.23. The highest BCUT2D eigenvalue weighted by Gasteiger charge is 2.23. The van der Waals surface area contributed by atoms with Gasteiger partial charge >= 0.3 is 5.97 Å². The molecule has 0 aromatic carbocycles. The van der Waals surface area contributed by atoms with E-state index in [1.807, 2.05) is 20.8 Å². The number of ether oxygens (including phenoxy) is 1. The number of fused-ring (bicyclic) bond motifs is 1. The van der Waals surface area contributed by atoms with Crippen LogP contribution in [0.25, 0.3) is 10.2 Å². The van der Waals surface area contributed by atoms with Gasteiger partial charge in [0.05, 0.1) is 12.0 Å². The van der Waals surface area contributed by atoms with Crippen molar-refractivity contribution in [2.75, 3.05) is 24.6 Å². The van der Waals surface area contributed by atoms with Gasteiger partial charge < -0.3 is 9.64 Å². The Balaban J connectivity index is 2.53. The third-order valence-corrected chi connectivity index (χ3v) is 4.87. The Kier molecular flexibility index (Phi) is 5.81. The van der Waals surface area contributed by atoms with Crippen LogP contribution in [0.3, 0.4) is 0 Å². The first-order valence-corrected chi connectivity index (χ1v) is 8.97. The van der Waals surface area contributed by atoms with Crippen LogP contribution in [0.2, 0.25) is 5.28 Å². The molecular formula is C16H22ClN3O2S. The molecule has 0 atom stereocenters. The molecule has 0 aliphatic carbocycles. The Morgan fingerprint density at radius 1 is 1.30 bits per heavy atom. The van der Waals surface area contributed by atoms with Crippen molar-refractivity contribution in [3.05, 3.63) is 15.7 Å². The van der Waals surface area contributed by atoms with Crippen molar-refractivity contribution in [1.82, 2.24) is 9.97 Å². The molecule has 126 valence electrons. The van der Waals surface area contributed by atoms with Crippen molar-refractivity contribution in [1.29, 1.82) is 0 Å². The van der Waals surface area contributed by atoms with Crippen molar-refractivity contribution >= 4 is 44.9 Å². The summed E-state index contributed by atoms with van der Waals surface area (Å²) in [6.07, 6.45) is 0. The first kappa shape index (κ1) is 17.9. The Hall–Kier alpha value is -1.40. The van der Waals surface area contributed by atoms with Crippen LogP contribution in [0.15, 0.2) is 0 Å². The lowest BCUT2D eigenvalue weighted by Gasteiger charge is -2.20. The highest BCUT2D eigenvalue weighted by Crippen LogP contribution is 2.36. The van der Waals surface area contributed by atoms with Gasteiger partial charge in [-0.05, 0) is 43.9 Å². The minimum atomic E-state index is -0.305. The van der Waals surface area contributed by atoms with E-state index in [0.29, 0.717) is 17.4 Å². The van der Waals surface area contributed by atoms with Crippen molar-refractivity contribution in [3.8, 4) is 0 Å². The average molecular weight is 356 g/mol. The Labute approximate surface area is 145 Å². The number of esters is 1. The first-order chi connectivity index (χ1) is 10.9. The minimum absolute atomic E-state index is 0.197. The Morgan fingerprint density at radius 2 is 1.96 bits per heavy atom. The van der Waals surface area contributed by atoms with Crippen LogP contribution < -0.4 is 4.90 Å². The van der Waals surface area contributed by atoms with E-state index in [0.717, 1.165) is 34.7 Å². The van der Waals surface area contributed by atoms with Crippen LogP contribution in [-0.2, 0) is 4.74 Å². The second kappa shape index (κ2) is 7.45. The number of carbonyl (C=O) groups excluding carboxylic acids is 1. The van der Waals surface area contributed by atoms with Crippen molar-refractivity contribution < 1.29 is 9.53 Å².